The van der Waals surface area contributed by atoms with Crippen LogP contribution in [0, 0.1) is 0 Å². The summed E-state index contributed by atoms with van der Waals surface area (Å²) >= 11 is 0. The molecule has 2 amide bonds. The van der Waals surface area contributed by atoms with E-state index in [4.69, 9.17) is 0 Å². The van der Waals surface area contributed by atoms with Crippen molar-refractivity contribution in [1.82, 2.24) is 20.4 Å². The summed E-state index contributed by atoms with van der Waals surface area (Å²) in [6.45, 7) is 1.86. The van der Waals surface area contributed by atoms with Crippen molar-refractivity contribution in [3.8, 4) is 11.1 Å². The first-order valence-corrected chi connectivity index (χ1v) is 10.1. The third kappa shape index (κ3) is 4.01. The molecule has 1 aliphatic rings. The highest BCUT2D eigenvalue weighted by molar-refractivity contribution is 5.95. The molecule has 1 fully saturated rings. The van der Waals surface area contributed by atoms with Crippen LogP contribution in [-0.4, -0.2) is 46.0 Å². The second kappa shape index (κ2) is 8.07. The average Bonchev–Trinajstić information content (AvgIpc) is 3.41. The summed E-state index contributed by atoms with van der Waals surface area (Å²) in [6.07, 6.45) is 4.95. The number of carbonyl (C=O) groups excluding carboxylic acids is 2. The molecule has 1 aromatic heterocycles. The van der Waals surface area contributed by atoms with Crippen LogP contribution in [0.2, 0.25) is 0 Å². The van der Waals surface area contributed by atoms with Crippen LogP contribution in [0.25, 0.3) is 22.0 Å². The summed E-state index contributed by atoms with van der Waals surface area (Å²) in [5.41, 5.74) is 3.82. The van der Waals surface area contributed by atoms with Gasteiger partial charge in [-0.05, 0) is 48.6 Å². The van der Waals surface area contributed by atoms with Gasteiger partial charge in [-0.2, -0.15) is 5.10 Å². The summed E-state index contributed by atoms with van der Waals surface area (Å²) in [4.78, 5) is 26.4. The van der Waals surface area contributed by atoms with Crippen molar-refractivity contribution >= 4 is 22.7 Å². The van der Waals surface area contributed by atoms with E-state index in [0.29, 0.717) is 12.0 Å². The first kappa shape index (κ1) is 19.2. The molecule has 1 heterocycles. The maximum Gasteiger partial charge on any atom is 0.253 e. The Kier molecular flexibility index (Phi) is 5.34. The fraction of sp³-hybridized carbons (Fsp3) is 0.348. The molecule has 2 atom stereocenters. The van der Waals surface area contributed by atoms with E-state index >= 15 is 0 Å². The SMILES string of the molecule is CCC(=O)N[C@H]1CC[C@@H](N(C)C(=O)c2ccc(-c3ccc4cn[nH]c4c3)cc2)C1. The Labute approximate surface area is 170 Å². The number of aromatic amines is 1. The molecule has 0 aliphatic heterocycles. The molecule has 6 nitrogen and oxygen atoms in total. The predicted octanol–water partition coefficient (Wildman–Crippen LogP) is 3.75. The molecule has 0 saturated heterocycles. The van der Waals surface area contributed by atoms with E-state index in [1.165, 1.54) is 0 Å². The zero-order valence-electron chi connectivity index (χ0n) is 16.8. The topological polar surface area (TPSA) is 78.1 Å². The van der Waals surface area contributed by atoms with Crippen LogP contribution in [0.4, 0.5) is 0 Å². The van der Waals surface area contributed by atoms with Gasteiger partial charge in [-0.15, -0.1) is 0 Å². The summed E-state index contributed by atoms with van der Waals surface area (Å²) in [5.74, 6) is 0.0987. The van der Waals surface area contributed by atoms with Crippen LogP contribution in [0.3, 0.4) is 0 Å². The molecular weight excluding hydrogens is 364 g/mol. The van der Waals surface area contributed by atoms with E-state index in [-0.39, 0.29) is 23.9 Å². The lowest BCUT2D eigenvalue weighted by Crippen LogP contribution is -2.38. The molecule has 0 radical (unpaired) electrons. The van der Waals surface area contributed by atoms with Gasteiger partial charge >= 0.3 is 0 Å². The van der Waals surface area contributed by atoms with Gasteiger partial charge in [0.2, 0.25) is 5.91 Å². The predicted molar refractivity (Wildman–Crippen MR) is 113 cm³/mol. The van der Waals surface area contributed by atoms with Gasteiger partial charge in [0.1, 0.15) is 0 Å². The van der Waals surface area contributed by atoms with Crippen molar-refractivity contribution in [1.29, 1.82) is 0 Å². The molecule has 6 heteroatoms. The number of H-pyrrole nitrogens is 1. The Morgan fingerprint density at radius 2 is 1.90 bits per heavy atom. The van der Waals surface area contributed by atoms with E-state index in [2.05, 4.69) is 27.6 Å². The zero-order valence-corrected chi connectivity index (χ0v) is 16.8. The standard InChI is InChI=1S/C23H26N4O2/c1-3-22(28)25-19-10-11-20(13-19)27(2)23(29)16-6-4-15(5-7-16)17-8-9-18-14-24-26-21(18)12-17/h4-9,12,14,19-20H,3,10-11,13H2,1-2H3,(H,24,26)(H,25,28)/t19-,20+/m0/s1. The molecule has 2 aromatic carbocycles. The van der Waals surface area contributed by atoms with E-state index in [1.54, 1.807) is 6.20 Å². The maximum atomic E-state index is 12.9. The number of aromatic nitrogens is 2. The Bertz CT molecular complexity index is 1020. The molecule has 1 saturated carbocycles. The lowest BCUT2D eigenvalue weighted by molar-refractivity contribution is -0.121. The number of fused-ring (bicyclic) bond motifs is 1. The zero-order chi connectivity index (χ0) is 20.4. The van der Waals surface area contributed by atoms with Gasteiger partial charge in [0, 0.05) is 36.5 Å². The lowest BCUT2D eigenvalue weighted by Gasteiger charge is -2.25. The Morgan fingerprint density at radius 1 is 1.14 bits per heavy atom. The van der Waals surface area contributed by atoms with Crippen LogP contribution >= 0.6 is 0 Å². The molecule has 29 heavy (non-hydrogen) atoms. The molecular formula is C23H26N4O2. The van der Waals surface area contributed by atoms with Crippen molar-refractivity contribution in [3.05, 3.63) is 54.2 Å². The maximum absolute atomic E-state index is 12.9. The number of hydrogen-bond acceptors (Lipinski definition) is 3. The van der Waals surface area contributed by atoms with Gasteiger partial charge in [-0.3, -0.25) is 14.7 Å². The van der Waals surface area contributed by atoms with Gasteiger partial charge in [-0.25, -0.2) is 0 Å². The number of nitrogens with zero attached hydrogens (tertiary/aromatic N) is 2. The number of hydrogen-bond donors (Lipinski definition) is 2. The molecule has 0 bridgehead atoms. The van der Waals surface area contributed by atoms with Crippen molar-refractivity contribution < 1.29 is 9.59 Å². The van der Waals surface area contributed by atoms with Crippen molar-refractivity contribution in [3.63, 3.8) is 0 Å². The second-order valence-electron chi connectivity index (χ2n) is 7.75. The molecule has 0 spiro atoms. The van der Waals surface area contributed by atoms with Crippen LogP contribution in [0.15, 0.2) is 48.7 Å². The summed E-state index contributed by atoms with van der Waals surface area (Å²) in [7, 11) is 1.86. The number of carbonyl (C=O) groups is 2. The Hall–Kier alpha value is -3.15. The van der Waals surface area contributed by atoms with E-state index in [9.17, 15) is 9.59 Å². The Balaban J connectivity index is 1.43. The highest BCUT2D eigenvalue weighted by atomic mass is 16.2. The van der Waals surface area contributed by atoms with Gasteiger partial charge in [0.15, 0.2) is 0 Å². The van der Waals surface area contributed by atoms with Crippen molar-refractivity contribution in [2.24, 2.45) is 0 Å². The minimum Gasteiger partial charge on any atom is -0.353 e. The fourth-order valence-electron chi connectivity index (χ4n) is 4.06. The van der Waals surface area contributed by atoms with Gasteiger partial charge in [0.25, 0.3) is 5.91 Å². The van der Waals surface area contributed by atoms with Crippen LogP contribution in [-0.2, 0) is 4.79 Å². The summed E-state index contributed by atoms with van der Waals surface area (Å²) in [6, 6.07) is 14.2. The third-order valence-corrected chi connectivity index (χ3v) is 5.87. The molecule has 4 rings (SSSR count). The number of nitrogens with one attached hydrogen (secondary N) is 2. The Morgan fingerprint density at radius 3 is 2.66 bits per heavy atom. The molecule has 0 unspecified atom stereocenters. The van der Waals surface area contributed by atoms with E-state index in [1.807, 2.05) is 49.2 Å². The van der Waals surface area contributed by atoms with Crippen molar-refractivity contribution in [2.75, 3.05) is 7.05 Å². The van der Waals surface area contributed by atoms with Crippen LogP contribution < -0.4 is 5.32 Å². The highest BCUT2D eigenvalue weighted by Gasteiger charge is 2.30. The van der Waals surface area contributed by atoms with Crippen LogP contribution in [0.5, 0.6) is 0 Å². The summed E-state index contributed by atoms with van der Waals surface area (Å²) < 4.78 is 0. The van der Waals surface area contributed by atoms with Gasteiger partial charge in [-0.1, -0.05) is 31.2 Å². The van der Waals surface area contributed by atoms with Crippen molar-refractivity contribution in [2.45, 2.75) is 44.7 Å². The minimum atomic E-state index is 0.0213. The smallest absolute Gasteiger partial charge is 0.253 e. The molecule has 2 N–H and O–H groups in total. The third-order valence-electron chi connectivity index (χ3n) is 5.87. The highest BCUT2D eigenvalue weighted by Crippen LogP contribution is 2.26. The molecule has 1 aliphatic carbocycles. The molecule has 150 valence electrons. The van der Waals surface area contributed by atoms with E-state index < -0.39 is 0 Å². The number of benzene rings is 2. The van der Waals surface area contributed by atoms with E-state index in [0.717, 1.165) is 41.3 Å². The second-order valence-corrected chi connectivity index (χ2v) is 7.75. The lowest BCUT2D eigenvalue weighted by atomic mass is 10.0. The van der Waals surface area contributed by atoms with Gasteiger partial charge < -0.3 is 10.2 Å². The van der Waals surface area contributed by atoms with Crippen LogP contribution in [0.1, 0.15) is 43.0 Å². The largest absolute Gasteiger partial charge is 0.353 e. The summed E-state index contributed by atoms with van der Waals surface area (Å²) in [5, 5.41) is 11.2. The fourth-order valence-corrected chi connectivity index (χ4v) is 4.06. The number of rotatable bonds is 5. The monoisotopic (exact) mass is 390 g/mol. The first-order chi connectivity index (χ1) is 14.0. The first-order valence-electron chi connectivity index (χ1n) is 10.1. The average molecular weight is 390 g/mol. The normalized spacial score (nSPS) is 18.7. The number of amides is 2. The quantitative estimate of drug-likeness (QED) is 0.696. The molecule has 3 aromatic rings. The minimum absolute atomic E-state index is 0.0213. The van der Waals surface area contributed by atoms with Gasteiger partial charge in [0.05, 0.1) is 11.7 Å².